The van der Waals surface area contributed by atoms with Crippen LogP contribution in [0.3, 0.4) is 0 Å². The number of hydrogen-bond acceptors (Lipinski definition) is 8. The lowest BCUT2D eigenvalue weighted by molar-refractivity contribution is -0.121. The zero-order valence-electron chi connectivity index (χ0n) is 19.5. The lowest BCUT2D eigenvalue weighted by Gasteiger charge is -2.30. The molecule has 1 aliphatic carbocycles. The molecule has 1 fully saturated rings. The summed E-state index contributed by atoms with van der Waals surface area (Å²) in [5.74, 6) is 0.650. The van der Waals surface area contributed by atoms with E-state index in [2.05, 4.69) is 36.3 Å². The zero-order valence-corrected chi connectivity index (χ0v) is 21.9. The number of methoxy groups -OCH3 is 1. The summed E-state index contributed by atoms with van der Waals surface area (Å²) in [4.78, 5) is 33.5. The topological polar surface area (TPSA) is 97.6 Å². The van der Waals surface area contributed by atoms with E-state index in [0.29, 0.717) is 28.8 Å². The van der Waals surface area contributed by atoms with Gasteiger partial charge >= 0.3 is 5.97 Å². The van der Waals surface area contributed by atoms with Gasteiger partial charge in [0, 0.05) is 20.8 Å². The van der Waals surface area contributed by atoms with Crippen molar-refractivity contribution >= 4 is 44.1 Å². The monoisotopic (exact) mass is 558 g/mol. The number of carbonyl (C=O) groups is 2. The molecule has 1 aromatic carbocycles. The molecule has 0 bridgehead atoms. The van der Waals surface area contributed by atoms with E-state index in [1.807, 2.05) is 24.3 Å². The van der Waals surface area contributed by atoms with Gasteiger partial charge in [-0.2, -0.15) is 4.98 Å². The summed E-state index contributed by atoms with van der Waals surface area (Å²) in [5, 5.41) is 7.80. The molecule has 3 aromatic rings. The molecule has 2 aliphatic rings. The molecule has 35 heavy (non-hydrogen) atoms. The van der Waals surface area contributed by atoms with E-state index in [9.17, 15) is 9.59 Å². The van der Waals surface area contributed by atoms with Crippen LogP contribution in [-0.2, 0) is 28.9 Å². The van der Waals surface area contributed by atoms with E-state index in [-0.39, 0.29) is 17.8 Å². The third-order valence-electron chi connectivity index (χ3n) is 6.69. The number of hydrogen-bond donors (Lipinski definition) is 1. The highest BCUT2D eigenvalue weighted by Crippen LogP contribution is 2.39. The first-order valence-corrected chi connectivity index (χ1v) is 13.5. The van der Waals surface area contributed by atoms with Gasteiger partial charge in [0.1, 0.15) is 5.00 Å². The Morgan fingerprint density at radius 3 is 2.69 bits per heavy atom. The van der Waals surface area contributed by atoms with Crippen molar-refractivity contribution < 1.29 is 18.8 Å². The number of piperidine rings is 1. The lowest BCUT2D eigenvalue weighted by atomic mass is 9.94. The third kappa shape index (κ3) is 5.34. The number of anilines is 1. The molecule has 5 rings (SSSR count). The molecule has 0 atom stereocenters. The van der Waals surface area contributed by atoms with Gasteiger partial charge < -0.3 is 14.6 Å². The molecule has 1 amide bonds. The number of nitrogens with zero attached hydrogens (tertiary/aromatic N) is 3. The number of fused-ring (bicyclic) bond motifs is 1. The number of halogens is 1. The average molecular weight is 559 g/mol. The fraction of sp³-hybridized carbons (Fsp3) is 0.440. The minimum absolute atomic E-state index is 0.0243. The van der Waals surface area contributed by atoms with Crippen LogP contribution in [0.4, 0.5) is 5.00 Å². The van der Waals surface area contributed by atoms with Crippen LogP contribution in [0.2, 0.25) is 0 Å². The van der Waals surface area contributed by atoms with Crippen LogP contribution in [0.15, 0.2) is 33.3 Å². The maximum absolute atomic E-state index is 13.1. The van der Waals surface area contributed by atoms with Crippen LogP contribution >= 0.6 is 27.3 Å². The first kappa shape index (κ1) is 24.1. The molecule has 10 heteroatoms. The van der Waals surface area contributed by atoms with E-state index in [1.165, 1.54) is 23.3 Å². The molecule has 0 unspecified atom stereocenters. The molecule has 0 spiro atoms. The summed E-state index contributed by atoms with van der Waals surface area (Å²) in [6, 6.07) is 7.78. The molecular weight excluding hydrogens is 532 g/mol. The van der Waals surface area contributed by atoms with Crippen LogP contribution < -0.4 is 5.32 Å². The predicted octanol–water partition coefficient (Wildman–Crippen LogP) is 5.08. The number of nitrogens with one attached hydrogen (secondary N) is 1. The van der Waals surface area contributed by atoms with E-state index >= 15 is 0 Å². The molecule has 1 N–H and O–H groups in total. The first-order chi connectivity index (χ1) is 17.0. The van der Waals surface area contributed by atoms with Gasteiger partial charge in [0.15, 0.2) is 0 Å². The van der Waals surface area contributed by atoms with Crippen molar-refractivity contribution in [3.63, 3.8) is 0 Å². The summed E-state index contributed by atoms with van der Waals surface area (Å²) in [5.41, 5.74) is 2.51. The second-order valence-electron chi connectivity index (χ2n) is 8.96. The Morgan fingerprint density at radius 2 is 1.94 bits per heavy atom. The molecule has 0 radical (unpaired) electrons. The Kier molecular flexibility index (Phi) is 7.31. The van der Waals surface area contributed by atoms with E-state index < -0.39 is 0 Å². The van der Waals surface area contributed by atoms with Gasteiger partial charge in [-0.1, -0.05) is 21.1 Å². The van der Waals surface area contributed by atoms with Gasteiger partial charge in [0.2, 0.25) is 17.6 Å². The number of likely N-dealkylation sites (tertiary alicyclic amines) is 1. The van der Waals surface area contributed by atoms with Crippen molar-refractivity contribution in [1.82, 2.24) is 15.0 Å². The maximum atomic E-state index is 13.1. The van der Waals surface area contributed by atoms with Crippen LogP contribution in [0.25, 0.3) is 11.4 Å². The van der Waals surface area contributed by atoms with E-state index in [0.717, 1.165) is 67.2 Å². The standard InChI is InChI=1S/C25H27BrN4O4S/c1-33-25(32)21-18-4-2-3-5-19(18)35-24(21)28-23(31)16-10-12-30(13-11-16)14-20-27-22(29-34-20)15-6-8-17(26)9-7-15/h6-9,16H,2-5,10-14H2,1H3,(H,28,31). The van der Waals surface area contributed by atoms with Crippen LogP contribution in [-0.4, -0.2) is 47.1 Å². The lowest BCUT2D eigenvalue weighted by Crippen LogP contribution is -2.37. The average Bonchev–Trinajstić information content (AvgIpc) is 3.49. The quantitative estimate of drug-likeness (QED) is 0.421. The van der Waals surface area contributed by atoms with Crippen molar-refractivity contribution in [2.24, 2.45) is 5.92 Å². The normalized spacial score (nSPS) is 16.6. The highest BCUT2D eigenvalue weighted by Gasteiger charge is 2.30. The van der Waals surface area contributed by atoms with Crippen LogP contribution in [0, 0.1) is 5.92 Å². The Labute approximate surface area is 216 Å². The SMILES string of the molecule is COC(=O)c1c(NC(=O)C2CCN(Cc3nc(-c4ccc(Br)cc4)no3)CC2)sc2c1CCCC2. The summed E-state index contributed by atoms with van der Waals surface area (Å²) in [6.07, 6.45) is 5.46. The molecule has 184 valence electrons. The van der Waals surface area contributed by atoms with Gasteiger partial charge in [0.05, 0.1) is 19.2 Å². The van der Waals surface area contributed by atoms with Crippen molar-refractivity contribution in [1.29, 1.82) is 0 Å². The van der Waals surface area contributed by atoms with E-state index in [4.69, 9.17) is 9.26 Å². The largest absolute Gasteiger partial charge is 0.465 e. The number of aryl methyl sites for hydroxylation is 1. The maximum Gasteiger partial charge on any atom is 0.341 e. The highest BCUT2D eigenvalue weighted by atomic mass is 79.9. The van der Waals surface area contributed by atoms with Crippen molar-refractivity contribution in [3.05, 3.63) is 50.6 Å². The number of ether oxygens (including phenoxy) is 1. The van der Waals surface area contributed by atoms with Gasteiger partial charge in [-0.05, 0) is 81.4 Å². The second-order valence-corrected chi connectivity index (χ2v) is 11.0. The summed E-state index contributed by atoms with van der Waals surface area (Å²) in [6.45, 7) is 2.08. The number of esters is 1. The van der Waals surface area contributed by atoms with Crippen LogP contribution in [0.1, 0.15) is 52.4 Å². The molecular formula is C25H27BrN4O4S. The van der Waals surface area contributed by atoms with Crippen LogP contribution in [0.5, 0.6) is 0 Å². The predicted molar refractivity (Wildman–Crippen MR) is 136 cm³/mol. The molecule has 1 aliphatic heterocycles. The van der Waals surface area contributed by atoms with Crippen molar-refractivity contribution in [2.45, 2.75) is 45.1 Å². The Balaban J connectivity index is 1.18. The van der Waals surface area contributed by atoms with Gasteiger partial charge in [0.25, 0.3) is 0 Å². The molecule has 1 saturated heterocycles. The van der Waals surface area contributed by atoms with E-state index in [1.54, 1.807) is 0 Å². The fourth-order valence-electron chi connectivity index (χ4n) is 4.77. The molecule has 2 aromatic heterocycles. The van der Waals surface area contributed by atoms with Crippen molar-refractivity contribution in [2.75, 3.05) is 25.5 Å². The minimum Gasteiger partial charge on any atom is -0.465 e. The minimum atomic E-state index is -0.364. The number of amides is 1. The van der Waals surface area contributed by atoms with Gasteiger partial charge in [-0.15, -0.1) is 11.3 Å². The number of thiophene rings is 1. The highest BCUT2D eigenvalue weighted by molar-refractivity contribution is 9.10. The molecule has 3 heterocycles. The zero-order chi connectivity index (χ0) is 24.4. The smallest absolute Gasteiger partial charge is 0.341 e. The number of aromatic nitrogens is 2. The summed E-state index contributed by atoms with van der Waals surface area (Å²) >= 11 is 4.96. The number of rotatable bonds is 6. The van der Waals surface area contributed by atoms with Gasteiger partial charge in [-0.3, -0.25) is 9.69 Å². The summed E-state index contributed by atoms with van der Waals surface area (Å²) in [7, 11) is 1.39. The van der Waals surface area contributed by atoms with Gasteiger partial charge in [-0.25, -0.2) is 4.79 Å². The van der Waals surface area contributed by atoms with Crippen molar-refractivity contribution in [3.8, 4) is 11.4 Å². The molecule has 8 nitrogen and oxygen atoms in total. The third-order valence-corrected chi connectivity index (χ3v) is 8.42. The molecule has 0 saturated carbocycles. The number of benzene rings is 1. The fourth-order valence-corrected chi connectivity index (χ4v) is 6.31. The summed E-state index contributed by atoms with van der Waals surface area (Å²) < 4.78 is 11.5. The Morgan fingerprint density at radius 1 is 1.20 bits per heavy atom. The first-order valence-electron chi connectivity index (χ1n) is 11.9. The Hall–Kier alpha value is -2.56. The second kappa shape index (κ2) is 10.6. The Bertz CT molecular complexity index is 1210. The number of carbonyl (C=O) groups excluding carboxylic acids is 2.